The van der Waals surface area contributed by atoms with Crippen LogP contribution in [-0.4, -0.2) is 11.2 Å². The van der Waals surface area contributed by atoms with E-state index in [9.17, 15) is 0 Å². The van der Waals surface area contributed by atoms with Gasteiger partial charge in [-0.2, -0.15) is 0 Å². The molecule has 0 saturated carbocycles. The molecule has 1 aromatic heterocycles. The zero-order valence-electron chi connectivity index (χ0n) is 25.6. The van der Waals surface area contributed by atoms with E-state index in [1.807, 2.05) is 30.5 Å². The third-order valence-electron chi connectivity index (χ3n) is 8.72. The fraction of sp³-hybridized carbons (Fsp3) is 0.0952. The van der Waals surface area contributed by atoms with Crippen molar-refractivity contribution in [1.29, 1.82) is 0 Å². The third-order valence-corrected chi connectivity index (χ3v) is 8.72. The predicted molar refractivity (Wildman–Crippen MR) is 190 cm³/mol. The van der Waals surface area contributed by atoms with Crippen LogP contribution < -0.4 is 0 Å². The van der Waals surface area contributed by atoms with Crippen molar-refractivity contribution in [3.63, 3.8) is 0 Å². The maximum absolute atomic E-state index is 6.60. The van der Waals surface area contributed by atoms with E-state index in [1.54, 1.807) is 0 Å². The molecule has 0 aliphatic heterocycles. The van der Waals surface area contributed by atoms with E-state index in [0.29, 0.717) is 5.89 Å². The monoisotopic (exact) mass is 580 g/mol. The molecule has 8 aromatic rings. The topological polar surface area (TPSA) is 38.4 Å². The first-order chi connectivity index (χ1) is 21.9. The molecule has 7 aromatic carbocycles. The zero-order valence-corrected chi connectivity index (χ0v) is 25.6. The minimum absolute atomic E-state index is 0.0642. The minimum Gasteiger partial charge on any atom is -0.436 e. The summed E-state index contributed by atoms with van der Waals surface area (Å²) in [4.78, 5) is 10.2. The van der Waals surface area contributed by atoms with E-state index in [0.717, 1.165) is 39.0 Å². The molecule has 1 heterocycles. The molecule has 0 saturated heterocycles. The van der Waals surface area contributed by atoms with E-state index in [4.69, 9.17) is 14.4 Å². The lowest BCUT2D eigenvalue weighted by Crippen LogP contribution is -2.11. The Balaban J connectivity index is 1.29. The number of nitrogens with zero attached hydrogens (tertiary/aromatic N) is 2. The van der Waals surface area contributed by atoms with Gasteiger partial charge in [0.05, 0.1) is 11.3 Å². The second kappa shape index (κ2) is 10.6. The van der Waals surface area contributed by atoms with Gasteiger partial charge in [-0.25, -0.2) is 4.98 Å². The van der Waals surface area contributed by atoms with Crippen molar-refractivity contribution in [2.24, 2.45) is 4.99 Å². The standard InChI is InChI=1S/C42H32N2O/c1-42(2,3)30-24-37(35-21-12-15-27-13-4-6-16-31(27)35)40-39(25-30)45-41(44-40)36-20-10-11-22-38(36)43-26-29-23-28-14-5-7-17-32(28)34-19-9-8-18-33(29)34/h4-26H,1-3H3. The van der Waals surface area contributed by atoms with Gasteiger partial charge in [0.15, 0.2) is 5.58 Å². The molecular weight excluding hydrogens is 548 g/mol. The number of benzene rings is 7. The van der Waals surface area contributed by atoms with Crippen LogP contribution in [0.25, 0.3) is 66.0 Å². The van der Waals surface area contributed by atoms with Crippen LogP contribution in [0.3, 0.4) is 0 Å². The number of fused-ring (bicyclic) bond motifs is 5. The fourth-order valence-electron chi connectivity index (χ4n) is 6.34. The van der Waals surface area contributed by atoms with Gasteiger partial charge in [0.25, 0.3) is 0 Å². The van der Waals surface area contributed by atoms with Gasteiger partial charge in [0, 0.05) is 17.3 Å². The van der Waals surface area contributed by atoms with E-state index < -0.39 is 0 Å². The summed E-state index contributed by atoms with van der Waals surface area (Å²) < 4.78 is 6.60. The first kappa shape index (κ1) is 27.0. The molecule has 0 amide bonds. The first-order valence-corrected chi connectivity index (χ1v) is 15.4. The molecule has 0 unspecified atom stereocenters. The van der Waals surface area contributed by atoms with E-state index in [1.165, 1.54) is 37.9 Å². The summed E-state index contributed by atoms with van der Waals surface area (Å²) in [7, 11) is 0. The van der Waals surface area contributed by atoms with Gasteiger partial charge in [-0.3, -0.25) is 4.99 Å². The Labute approximate surface area is 262 Å². The highest BCUT2D eigenvalue weighted by Crippen LogP contribution is 2.40. The summed E-state index contributed by atoms with van der Waals surface area (Å²) in [6.45, 7) is 6.70. The molecule has 0 N–H and O–H groups in total. The second-order valence-corrected chi connectivity index (χ2v) is 12.7. The lowest BCUT2D eigenvalue weighted by molar-refractivity contribution is 0.584. The molecule has 45 heavy (non-hydrogen) atoms. The lowest BCUT2D eigenvalue weighted by Gasteiger charge is -2.20. The molecule has 0 aliphatic carbocycles. The quantitative estimate of drug-likeness (QED) is 0.153. The van der Waals surface area contributed by atoms with Crippen molar-refractivity contribution < 1.29 is 4.42 Å². The van der Waals surface area contributed by atoms with Crippen molar-refractivity contribution in [1.82, 2.24) is 4.98 Å². The van der Waals surface area contributed by atoms with Gasteiger partial charge >= 0.3 is 0 Å². The van der Waals surface area contributed by atoms with Crippen LogP contribution in [0.4, 0.5) is 5.69 Å². The Hall–Kier alpha value is -5.54. The minimum atomic E-state index is -0.0642. The summed E-state index contributed by atoms with van der Waals surface area (Å²) in [6, 6.07) is 46.7. The summed E-state index contributed by atoms with van der Waals surface area (Å²) in [5.41, 5.74) is 7.74. The van der Waals surface area contributed by atoms with Crippen molar-refractivity contribution in [3.05, 3.63) is 145 Å². The molecule has 0 fully saturated rings. The van der Waals surface area contributed by atoms with Gasteiger partial charge in [-0.15, -0.1) is 0 Å². The molecular formula is C42H32N2O. The molecule has 0 aliphatic rings. The van der Waals surface area contributed by atoms with E-state index >= 15 is 0 Å². The van der Waals surface area contributed by atoms with Crippen molar-refractivity contribution in [2.75, 3.05) is 0 Å². The van der Waals surface area contributed by atoms with Crippen LogP contribution in [-0.2, 0) is 5.41 Å². The number of para-hydroxylation sites is 1. The number of hydrogen-bond donors (Lipinski definition) is 0. The summed E-state index contributed by atoms with van der Waals surface area (Å²) in [6.07, 6.45) is 1.97. The smallest absolute Gasteiger partial charge is 0.229 e. The fourth-order valence-corrected chi connectivity index (χ4v) is 6.34. The van der Waals surface area contributed by atoms with Crippen molar-refractivity contribution in [2.45, 2.75) is 26.2 Å². The molecule has 0 spiro atoms. The average molecular weight is 581 g/mol. The maximum Gasteiger partial charge on any atom is 0.229 e. The lowest BCUT2D eigenvalue weighted by atomic mass is 9.84. The van der Waals surface area contributed by atoms with Crippen LogP contribution >= 0.6 is 0 Å². The van der Waals surface area contributed by atoms with Gasteiger partial charge in [0.1, 0.15) is 5.52 Å². The van der Waals surface area contributed by atoms with Crippen molar-refractivity contribution >= 4 is 55.3 Å². The van der Waals surface area contributed by atoms with Gasteiger partial charge < -0.3 is 4.42 Å². The number of rotatable bonds is 4. The van der Waals surface area contributed by atoms with Crippen LogP contribution in [0.5, 0.6) is 0 Å². The number of aromatic nitrogens is 1. The molecule has 0 atom stereocenters. The zero-order chi connectivity index (χ0) is 30.5. The molecule has 0 radical (unpaired) electrons. The Kier molecular flexibility index (Phi) is 6.35. The summed E-state index contributed by atoms with van der Waals surface area (Å²) in [5.74, 6) is 0.564. The number of aliphatic imine (C=N–C) groups is 1. The second-order valence-electron chi connectivity index (χ2n) is 12.7. The van der Waals surface area contributed by atoms with Crippen LogP contribution in [0.1, 0.15) is 31.9 Å². The largest absolute Gasteiger partial charge is 0.436 e. The van der Waals surface area contributed by atoms with E-state index in [2.05, 4.69) is 130 Å². The average Bonchev–Trinajstić information content (AvgIpc) is 3.51. The Morgan fingerprint density at radius 2 is 1.22 bits per heavy atom. The molecule has 3 nitrogen and oxygen atoms in total. The Bertz CT molecular complexity index is 2420. The molecule has 3 heteroatoms. The molecule has 8 rings (SSSR count). The highest BCUT2D eigenvalue weighted by atomic mass is 16.3. The Morgan fingerprint density at radius 1 is 0.578 bits per heavy atom. The first-order valence-electron chi connectivity index (χ1n) is 15.4. The summed E-state index contributed by atoms with van der Waals surface area (Å²) >= 11 is 0. The highest BCUT2D eigenvalue weighted by Gasteiger charge is 2.22. The Morgan fingerprint density at radius 3 is 2.04 bits per heavy atom. The molecule has 216 valence electrons. The number of hydrogen-bond acceptors (Lipinski definition) is 3. The van der Waals surface area contributed by atoms with Crippen LogP contribution in [0.2, 0.25) is 0 Å². The van der Waals surface area contributed by atoms with Crippen LogP contribution in [0, 0.1) is 0 Å². The van der Waals surface area contributed by atoms with Gasteiger partial charge in [-0.1, -0.05) is 124 Å². The van der Waals surface area contributed by atoms with Crippen molar-refractivity contribution in [3.8, 4) is 22.6 Å². The third kappa shape index (κ3) is 4.78. The highest BCUT2D eigenvalue weighted by molar-refractivity contribution is 6.14. The SMILES string of the molecule is CC(C)(C)c1cc(-c2cccc3ccccc23)c2nc(-c3ccccc3N=Cc3cc4ccccc4c4ccccc34)oc2c1. The van der Waals surface area contributed by atoms with Crippen LogP contribution in [0.15, 0.2) is 143 Å². The maximum atomic E-state index is 6.60. The summed E-state index contributed by atoms with van der Waals surface area (Å²) in [5, 5.41) is 7.24. The van der Waals surface area contributed by atoms with Gasteiger partial charge in [-0.05, 0) is 79.2 Å². The van der Waals surface area contributed by atoms with Gasteiger partial charge in [0.2, 0.25) is 5.89 Å². The van der Waals surface area contributed by atoms with E-state index in [-0.39, 0.29) is 5.41 Å². The number of oxazole rings is 1. The predicted octanol–water partition coefficient (Wildman–Crippen LogP) is 11.7. The normalized spacial score (nSPS) is 12.2. The molecule has 0 bridgehead atoms.